The summed E-state index contributed by atoms with van der Waals surface area (Å²) in [5.74, 6) is -1.87. The van der Waals surface area contributed by atoms with Crippen molar-refractivity contribution in [2.45, 2.75) is 64.6 Å². The molecule has 1 aliphatic heterocycles. The Morgan fingerprint density at radius 3 is 2.64 bits per heavy atom. The van der Waals surface area contributed by atoms with Gasteiger partial charge >= 0.3 is 11.9 Å². The van der Waals surface area contributed by atoms with Crippen molar-refractivity contribution in [3.63, 3.8) is 0 Å². The van der Waals surface area contributed by atoms with Gasteiger partial charge in [0.05, 0.1) is 17.9 Å². The van der Waals surface area contributed by atoms with E-state index in [2.05, 4.69) is 0 Å². The first-order valence-corrected chi connectivity index (χ1v) is 11.4. The molecule has 5 rings (SSSR count). The fraction of sp³-hybridized carbons (Fsp3) is 0.600. The van der Waals surface area contributed by atoms with Crippen molar-refractivity contribution >= 4 is 23.5 Å². The zero-order valence-corrected chi connectivity index (χ0v) is 19.5. The second-order valence-corrected chi connectivity index (χ2v) is 10.3. The molecule has 4 aliphatic rings. The number of furan rings is 1. The number of rotatable bonds is 4. The first-order valence-electron chi connectivity index (χ1n) is 11.4. The Bertz CT molecular complexity index is 1120. The van der Waals surface area contributed by atoms with Crippen molar-refractivity contribution < 1.29 is 37.8 Å². The van der Waals surface area contributed by atoms with E-state index in [9.17, 15) is 19.2 Å². The Morgan fingerprint density at radius 1 is 1.24 bits per heavy atom. The summed E-state index contributed by atoms with van der Waals surface area (Å²) in [6.45, 7) is 7.31. The maximum absolute atomic E-state index is 13.8. The van der Waals surface area contributed by atoms with E-state index in [1.165, 1.54) is 13.4 Å². The summed E-state index contributed by atoms with van der Waals surface area (Å²) in [4.78, 5) is 52.3. The number of methoxy groups -OCH3 is 1. The molecule has 2 heterocycles. The van der Waals surface area contributed by atoms with Crippen LogP contribution in [0, 0.1) is 17.3 Å². The van der Waals surface area contributed by atoms with E-state index in [4.69, 9.17) is 18.6 Å². The predicted octanol–water partition coefficient (Wildman–Crippen LogP) is 3.17. The molecule has 5 atom stereocenters. The van der Waals surface area contributed by atoms with Crippen LogP contribution in [0.3, 0.4) is 0 Å². The molecule has 0 radical (unpaired) electrons. The summed E-state index contributed by atoms with van der Waals surface area (Å²) in [5, 5.41) is 0. The summed E-state index contributed by atoms with van der Waals surface area (Å²) < 4.78 is 22.8. The number of hydrogen-bond donors (Lipinski definition) is 0. The minimum absolute atomic E-state index is 0.0667. The lowest BCUT2D eigenvalue weighted by atomic mass is 9.54. The number of hydrogen-bond acceptors (Lipinski definition) is 8. The van der Waals surface area contributed by atoms with Crippen LogP contribution < -0.4 is 0 Å². The van der Waals surface area contributed by atoms with Crippen molar-refractivity contribution in [1.29, 1.82) is 0 Å². The molecule has 5 unspecified atom stereocenters. The van der Waals surface area contributed by atoms with Crippen LogP contribution in [0.5, 0.6) is 0 Å². The standard InChI is InChI=1S/C25H28O8/c1-11(2)22(28)32-14-8-24(3)13(6-7-15(24)26)17-19(14)25(4)16(10-30-5)33-23(29)12-9-31-21(18(12)25)20(17)27/h9,11,13-14,16H,6-8,10H2,1-5H3. The number of fused-ring (bicyclic) bond motifs is 3. The van der Waals surface area contributed by atoms with E-state index < -0.39 is 35.0 Å². The van der Waals surface area contributed by atoms with Gasteiger partial charge in [0, 0.05) is 42.4 Å². The van der Waals surface area contributed by atoms with Gasteiger partial charge in [-0.15, -0.1) is 0 Å². The van der Waals surface area contributed by atoms with Gasteiger partial charge in [0.25, 0.3) is 0 Å². The van der Waals surface area contributed by atoms with Gasteiger partial charge in [-0.3, -0.25) is 14.4 Å². The van der Waals surface area contributed by atoms with Gasteiger partial charge < -0.3 is 18.6 Å². The molecule has 0 saturated heterocycles. The molecule has 0 N–H and O–H groups in total. The Morgan fingerprint density at radius 2 is 1.97 bits per heavy atom. The number of esters is 2. The molecule has 1 aromatic rings. The van der Waals surface area contributed by atoms with Crippen LogP contribution in [0.2, 0.25) is 0 Å². The summed E-state index contributed by atoms with van der Waals surface area (Å²) in [5.41, 5.74) is -0.0799. The van der Waals surface area contributed by atoms with Gasteiger partial charge in [-0.1, -0.05) is 20.8 Å². The molecule has 8 nitrogen and oxygen atoms in total. The first-order chi connectivity index (χ1) is 15.6. The van der Waals surface area contributed by atoms with Crippen LogP contribution in [0.15, 0.2) is 21.8 Å². The highest BCUT2D eigenvalue weighted by Crippen LogP contribution is 2.61. The second kappa shape index (κ2) is 7.13. The van der Waals surface area contributed by atoms with Crippen LogP contribution >= 0.6 is 0 Å². The third kappa shape index (κ3) is 2.73. The van der Waals surface area contributed by atoms with E-state index in [-0.39, 0.29) is 47.8 Å². The van der Waals surface area contributed by atoms with Crippen LogP contribution in [-0.2, 0) is 29.2 Å². The molecule has 3 aliphatic carbocycles. The maximum Gasteiger partial charge on any atom is 0.342 e. The minimum Gasteiger partial charge on any atom is -0.460 e. The summed E-state index contributed by atoms with van der Waals surface area (Å²) in [6, 6.07) is 0. The maximum atomic E-state index is 13.8. The molecule has 1 fully saturated rings. The molecule has 0 bridgehead atoms. The number of ether oxygens (including phenoxy) is 3. The number of Topliss-reactive ketones (excluding diaryl/α,β-unsaturated/α-hetero) is 2. The molecule has 176 valence electrons. The van der Waals surface area contributed by atoms with Crippen LogP contribution in [-0.4, -0.2) is 49.4 Å². The zero-order valence-electron chi connectivity index (χ0n) is 19.5. The molecule has 8 heteroatoms. The van der Waals surface area contributed by atoms with E-state index in [0.717, 1.165) is 0 Å². The smallest absolute Gasteiger partial charge is 0.342 e. The summed E-state index contributed by atoms with van der Waals surface area (Å²) in [6.07, 6.45) is 0.890. The van der Waals surface area contributed by atoms with E-state index in [0.29, 0.717) is 29.6 Å². The predicted molar refractivity (Wildman–Crippen MR) is 114 cm³/mol. The van der Waals surface area contributed by atoms with Gasteiger partial charge in [0.2, 0.25) is 5.78 Å². The first kappa shape index (κ1) is 22.1. The Kier molecular flexibility index (Phi) is 4.77. The topological polar surface area (TPSA) is 109 Å². The van der Waals surface area contributed by atoms with Gasteiger partial charge in [-0.05, 0) is 18.9 Å². The fourth-order valence-electron chi connectivity index (χ4n) is 6.36. The van der Waals surface area contributed by atoms with Crippen molar-refractivity contribution in [3.05, 3.63) is 34.3 Å². The van der Waals surface area contributed by atoms with Crippen molar-refractivity contribution in [3.8, 4) is 0 Å². The Balaban J connectivity index is 1.79. The van der Waals surface area contributed by atoms with E-state index >= 15 is 0 Å². The van der Waals surface area contributed by atoms with Crippen molar-refractivity contribution in [2.75, 3.05) is 13.7 Å². The third-order valence-corrected chi connectivity index (χ3v) is 8.12. The molecular formula is C25H28O8. The van der Waals surface area contributed by atoms with Gasteiger partial charge in [-0.25, -0.2) is 4.79 Å². The molecule has 0 aromatic carbocycles. The monoisotopic (exact) mass is 456 g/mol. The summed E-state index contributed by atoms with van der Waals surface area (Å²) >= 11 is 0. The average Bonchev–Trinajstić information content (AvgIpc) is 3.33. The average molecular weight is 456 g/mol. The highest BCUT2D eigenvalue weighted by Gasteiger charge is 2.64. The SMILES string of the molecule is COCC1OC(=O)c2coc3c2C1(C)C1=C(C3=O)C2CCC(=O)C2(C)CC1OC(=O)C(C)C. The Hall–Kier alpha value is -2.74. The normalized spacial score (nSPS) is 34.7. The highest BCUT2D eigenvalue weighted by atomic mass is 16.6. The summed E-state index contributed by atoms with van der Waals surface area (Å²) in [7, 11) is 1.51. The number of ketones is 2. The van der Waals surface area contributed by atoms with Crippen molar-refractivity contribution in [2.24, 2.45) is 17.3 Å². The van der Waals surface area contributed by atoms with E-state index in [1.807, 2.05) is 13.8 Å². The molecule has 0 spiro atoms. The van der Waals surface area contributed by atoms with Gasteiger partial charge in [0.15, 0.2) is 5.76 Å². The molecule has 0 amide bonds. The molecule has 1 saturated carbocycles. The lowest BCUT2D eigenvalue weighted by molar-refractivity contribution is -0.155. The minimum atomic E-state index is -1.00. The quantitative estimate of drug-likeness (QED) is 0.636. The lowest BCUT2D eigenvalue weighted by Crippen LogP contribution is -2.57. The van der Waals surface area contributed by atoms with Gasteiger partial charge in [-0.2, -0.15) is 0 Å². The van der Waals surface area contributed by atoms with Crippen LogP contribution in [0.1, 0.15) is 73.4 Å². The molecular weight excluding hydrogens is 428 g/mol. The number of carbonyl (C=O) groups is 4. The number of allylic oxidation sites excluding steroid dienone is 1. The second-order valence-electron chi connectivity index (χ2n) is 10.3. The van der Waals surface area contributed by atoms with Crippen LogP contribution in [0.4, 0.5) is 0 Å². The van der Waals surface area contributed by atoms with Crippen LogP contribution in [0.25, 0.3) is 0 Å². The highest BCUT2D eigenvalue weighted by molar-refractivity contribution is 6.14. The largest absolute Gasteiger partial charge is 0.460 e. The third-order valence-electron chi connectivity index (χ3n) is 8.12. The molecule has 1 aromatic heterocycles. The zero-order chi connectivity index (χ0) is 23.9. The van der Waals surface area contributed by atoms with E-state index in [1.54, 1.807) is 13.8 Å². The van der Waals surface area contributed by atoms with Crippen molar-refractivity contribution in [1.82, 2.24) is 0 Å². The van der Waals surface area contributed by atoms with Gasteiger partial charge in [0.1, 0.15) is 29.8 Å². The number of cyclic esters (lactones) is 1. The fourth-order valence-corrected chi connectivity index (χ4v) is 6.36. The Labute approximate surface area is 191 Å². The molecule has 33 heavy (non-hydrogen) atoms. The number of carbonyl (C=O) groups excluding carboxylic acids is 4. The lowest BCUT2D eigenvalue weighted by Gasteiger charge is -2.51.